The van der Waals surface area contributed by atoms with Crippen LogP contribution in [0.4, 0.5) is 5.88 Å². The van der Waals surface area contributed by atoms with Gasteiger partial charge in [-0.3, -0.25) is 10.1 Å². The Labute approximate surface area is 117 Å². The minimum absolute atomic E-state index is 0.241. The Morgan fingerprint density at radius 2 is 1.95 bits per heavy atom. The van der Waals surface area contributed by atoms with Gasteiger partial charge in [0.25, 0.3) is 0 Å². The second kappa shape index (κ2) is 5.26. The highest BCUT2D eigenvalue weighted by atomic mass is 16.6. The Hall–Kier alpha value is -3.47. The fourth-order valence-corrected chi connectivity index (χ4v) is 1.62. The van der Waals surface area contributed by atoms with Crippen molar-refractivity contribution in [3.05, 3.63) is 57.8 Å². The molecule has 1 aromatic carbocycles. The smallest absolute Gasteiger partial charge is 0.392 e. The summed E-state index contributed by atoms with van der Waals surface area (Å²) in [6, 6.07) is 9.95. The molecule has 0 amide bonds. The lowest BCUT2D eigenvalue weighted by molar-refractivity contribution is -0.402. The van der Waals surface area contributed by atoms with Crippen molar-refractivity contribution in [1.82, 2.24) is 20.6 Å². The quantitative estimate of drug-likeness (QED) is 0.435. The molecule has 0 saturated carbocycles. The van der Waals surface area contributed by atoms with E-state index in [1.807, 2.05) is 12.1 Å². The molecule has 0 atom stereocenters. The van der Waals surface area contributed by atoms with Gasteiger partial charge in [-0.2, -0.15) is 0 Å². The zero-order valence-corrected chi connectivity index (χ0v) is 10.5. The number of H-pyrrole nitrogens is 1. The third kappa shape index (κ3) is 2.76. The molecule has 21 heavy (non-hydrogen) atoms. The van der Waals surface area contributed by atoms with E-state index in [1.54, 1.807) is 12.1 Å². The Balaban J connectivity index is 1.79. The van der Waals surface area contributed by atoms with Crippen molar-refractivity contribution < 1.29 is 9.34 Å². The Bertz CT molecular complexity index is 825. The Morgan fingerprint density at radius 3 is 2.57 bits per heavy atom. The molecular weight excluding hydrogens is 274 g/mol. The number of aromatic amines is 1. The van der Waals surface area contributed by atoms with Gasteiger partial charge in [-0.15, -0.1) is 5.10 Å². The molecule has 2 aromatic heterocycles. The molecule has 0 radical (unpaired) electrons. The van der Waals surface area contributed by atoms with Crippen molar-refractivity contribution in [3.8, 4) is 23.2 Å². The summed E-state index contributed by atoms with van der Waals surface area (Å²) in [6.45, 7) is 0. The normalized spacial score (nSPS) is 9.90. The SMILES string of the molecule is O=[N+]([O-])c1ccc(C#Cc2ccc(-c3nnn[nH]3)cc2)o1. The van der Waals surface area contributed by atoms with Crippen molar-refractivity contribution in [1.29, 1.82) is 0 Å². The lowest BCUT2D eigenvalue weighted by atomic mass is 10.1. The molecule has 3 rings (SSSR count). The summed E-state index contributed by atoms with van der Waals surface area (Å²) in [5.74, 6) is 6.06. The second-order valence-corrected chi connectivity index (χ2v) is 3.97. The van der Waals surface area contributed by atoms with E-state index in [1.165, 1.54) is 12.1 Å². The zero-order valence-electron chi connectivity index (χ0n) is 10.5. The maximum atomic E-state index is 10.5. The summed E-state index contributed by atoms with van der Waals surface area (Å²) in [4.78, 5) is 9.88. The molecule has 0 bridgehead atoms. The number of rotatable bonds is 2. The first-order valence-corrected chi connectivity index (χ1v) is 5.83. The number of nitro groups is 1. The van der Waals surface area contributed by atoms with Crippen molar-refractivity contribution in [2.75, 3.05) is 0 Å². The number of nitrogens with zero attached hydrogens (tertiary/aromatic N) is 4. The average molecular weight is 281 g/mol. The van der Waals surface area contributed by atoms with E-state index in [0.29, 0.717) is 5.82 Å². The van der Waals surface area contributed by atoms with Crippen LogP contribution in [0.3, 0.4) is 0 Å². The predicted molar refractivity (Wildman–Crippen MR) is 71.0 cm³/mol. The summed E-state index contributed by atoms with van der Waals surface area (Å²) in [7, 11) is 0. The summed E-state index contributed by atoms with van der Waals surface area (Å²) in [5.41, 5.74) is 1.57. The van der Waals surface area contributed by atoms with Gasteiger partial charge in [0.15, 0.2) is 11.6 Å². The molecule has 1 N–H and O–H groups in total. The lowest BCUT2D eigenvalue weighted by Gasteiger charge is -1.94. The van der Waals surface area contributed by atoms with Crippen LogP contribution in [0.2, 0.25) is 0 Å². The number of aromatic nitrogens is 4. The fraction of sp³-hybridized carbons (Fsp3) is 0. The largest absolute Gasteiger partial charge is 0.434 e. The van der Waals surface area contributed by atoms with Gasteiger partial charge in [-0.05, 0) is 40.6 Å². The minimum Gasteiger partial charge on any atom is -0.392 e. The highest BCUT2D eigenvalue weighted by molar-refractivity contribution is 5.56. The topological polar surface area (TPSA) is 111 Å². The van der Waals surface area contributed by atoms with E-state index in [-0.39, 0.29) is 11.6 Å². The molecule has 0 saturated heterocycles. The van der Waals surface area contributed by atoms with Gasteiger partial charge in [-0.1, -0.05) is 5.92 Å². The number of tetrazole rings is 1. The monoisotopic (exact) mass is 281 g/mol. The highest BCUT2D eigenvalue weighted by Gasteiger charge is 2.09. The van der Waals surface area contributed by atoms with E-state index >= 15 is 0 Å². The molecule has 8 nitrogen and oxygen atoms in total. The minimum atomic E-state index is -0.606. The van der Waals surface area contributed by atoms with Crippen LogP contribution in [0.5, 0.6) is 0 Å². The first-order chi connectivity index (χ1) is 10.2. The molecular formula is C13H7N5O3. The molecule has 0 aliphatic rings. The highest BCUT2D eigenvalue weighted by Crippen LogP contribution is 2.15. The maximum Gasteiger partial charge on any atom is 0.434 e. The van der Waals surface area contributed by atoms with Gasteiger partial charge in [0.05, 0.1) is 6.07 Å². The van der Waals surface area contributed by atoms with Crippen LogP contribution in [0.25, 0.3) is 11.4 Å². The van der Waals surface area contributed by atoms with Gasteiger partial charge in [0, 0.05) is 17.2 Å². The van der Waals surface area contributed by atoms with Gasteiger partial charge >= 0.3 is 5.88 Å². The van der Waals surface area contributed by atoms with Crippen LogP contribution in [0, 0.1) is 22.0 Å². The van der Waals surface area contributed by atoms with Gasteiger partial charge in [0.1, 0.15) is 4.92 Å². The molecule has 2 heterocycles. The van der Waals surface area contributed by atoms with Crippen molar-refractivity contribution >= 4 is 5.88 Å². The third-order valence-electron chi connectivity index (χ3n) is 2.61. The van der Waals surface area contributed by atoms with Crippen LogP contribution in [-0.4, -0.2) is 25.5 Å². The van der Waals surface area contributed by atoms with Gasteiger partial charge in [-0.25, -0.2) is 5.10 Å². The van der Waals surface area contributed by atoms with Crippen LogP contribution < -0.4 is 0 Å². The number of furan rings is 1. The van der Waals surface area contributed by atoms with Crippen LogP contribution in [0.1, 0.15) is 11.3 Å². The van der Waals surface area contributed by atoms with Crippen LogP contribution >= 0.6 is 0 Å². The fourth-order valence-electron chi connectivity index (χ4n) is 1.62. The summed E-state index contributed by atoms with van der Waals surface area (Å²) in [6.07, 6.45) is 0. The molecule has 0 aliphatic heterocycles. The number of hydrogen-bond acceptors (Lipinski definition) is 6. The summed E-state index contributed by atoms with van der Waals surface area (Å²) < 4.78 is 4.95. The average Bonchev–Trinajstić information content (AvgIpc) is 3.17. The van der Waals surface area contributed by atoms with E-state index in [9.17, 15) is 10.1 Å². The van der Waals surface area contributed by atoms with Crippen molar-refractivity contribution in [2.24, 2.45) is 0 Å². The van der Waals surface area contributed by atoms with Crippen LogP contribution in [-0.2, 0) is 0 Å². The van der Waals surface area contributed by atoms with Crippen molar-refractivity contribution in [3.63, 3.8) is 0 Å². The maximum absolute atomic E-state index is 10.5. The number of benzene rings is 1. The van der Waals surface area contributed by atoms with Crippen LogP contribution in [0.15, 0.2) is 40.8 Å². The molecule has 0 unspecified atom stereocenters. The molecule has 0 spiro atoms. The first kappa shape index (κ1) is 12.6. The standard InChI is InChI=1S/C13H7N5O3/c19-18(20)12-8-7-11(21-12)6-3-9-1-4-10(5-2-9)13-14-16-17-15-13/h1-2,4-5,7-8H,(H,14,15,16,17). The van der Waals surface area contributed by atoms with E-state index in [2.05, 4.69) is 32.5 Å². The zero-order chi connectivity index (χ0) is 14.7. The van der Waals surface area contributed by atoms with E-state index in [0.717, 1.165) is 11.1 Å². The molecule has 0 aliphatic carbocycles. The lowest BCUT2D eigenvalue weighted by Crippen LogP contribution is -1.82. The number of hydrogen-bond donors (Lipinski definition) is 1. The summed E-state index contributed by atoms with van der Waals surface area (Å²) >= 11 is 0. The summed E-state index contributed by atoms with van der Waals surface area (Å²) in [5, 5.41) is 23.9. The Kier molecular flexibility index (Phi) is 3.15. The molecule has 3 aromatic rings. The predicted octanol–water partition coefficient (Wildman–Crippen LogP) is 1.77. The van der Waals surface area contributed by atoms with E-state index < -0.39 is 4.92 Å². The Morgan fingerprint density at radius 1 is 1.14 bits per heavy atom. The molecule has 102 valence electrons. The van der Waals surface area contributed by atoms with Gasteiger partial charge < -0.3 is 4.42 Å². The second-order valence-electron chi connectivity index (χ2n) is 3.97. The van der Waals surface area contributed by atoms with E-state index in [4.69, 9.17) is 4.42 Å². The third-order valence-corrected chi connectivity index (χ3v) is 2.61. The molecule has 0 fully saturated rings. The molecule has 8 heteroatoms. The van der Waals surface area contributed by atoms with Crippen molar-refractivity contribution in [2.45, 2.75) is 0 Å². The first-order valence-electron chi connectivity index (χ1n) is 5.83. The number of nitrogens with one attached hydrogen (secondary N) is 1. The van der Waals surface area contributed by atoms with Gasteiger partial charge in [0.2, 0.25) is 0 Å².